The van der Waals surface area contributed by atoms with Crippen LogP contribution in [-0.2, 0) is 9.53 Å². The molecule has 5 heteroatoms. The van der Waals surface area contributed by atoms with Gasteiger partial charge in [0.2, 0.25) is 0 Å². The van der Waals surface area contributed by atoms with Gasteiger partial charge in [-0.3, -0.25) is 4.90 Å². The van der Waals surface area contributed by atoms with Crippen LogP contribution in [0, 0.1) is 0 Å². The summed E-state index contributed by atoms with van der Waals surface area (Å²) in [6, 6.07) is 8.64. The van der Waals surface area contributed by atoms with E-state index in [1.54, 1.807) is 11.8 Å². The standard InChI is InChI=1S/C14H21NO4/c1-2-19-14(18)13(12-6-4-3-5-7-12)15(8-10-16)9-11-17/h3-7,13,16-17H,2,8-11H2,1H3. The zero-order valence-corrected chi connectivity index (χ0v) is 11.2. The van der Waals surface area contributed by atoms with E-state index in [9.17, 15) is 4.79 Å². The first-order valence-electron chi connectivity index (χ1n) is 6.42. The number of benzene rings is 1. The van der Waals surface area contributed by atoms with Crippen LogP contribution in [0.25, 0.3) is 0 Å². The van der Waals surface area contributed by atoms with Gasteiger partial charge in [0.25, 0.3) is 0 Å². The molecule has 0 saturated heterocycles. The summed E-state index contributed by atoms with van der Waals surface area (Å²) < 4.78 is 5.09. The third-order valence-electron chi connectivity index (χ3n) is 2.76. The molecule has 0 spiro atoms. The summed E-state index contributed by atoms with van der Waals surface area (Å²) in [6.07, 6.45) is 0. The van der Waals surface area contributed by atoms with Crippen LogP contribution < -0.4 is 0 Å². The maximum Gasteiger partial charge on any atom is 0.328 e. The van der Waals surface area contributed by atoms with Crippen molar-refractivity contribution in [1.82, 2.24) is 4.90 Å². The smallest absolute Gasteiger partial charge is 0.328 e. The highest BCUT2D eigenvalue weighted by Crippen LogP contribution is 2.21. The number of hydrogen-bond acceptors (Lipinski definition) is 5. The molecule has 0 aliphatic heterocycles. The number of carbonyl (C=O) groups excluding carboxylic acids is 1. The fourth-order valence-corrected chi connectivity index (χ4v) is 1.98. The molecule has 19 heavy (non-hydrogen) atoms. The van der Waals surface area contributed by atoms with Crippen molar-refractivity contribution in [3.05, 3.63) is 35.9 Å². The normalized spacial score (nSPS) is 12.4. The van der Waals surface area contributed by atoms with Crippen LogP contribution in [0.1, 0.15) is 18.5 Å². The van der Waals surface area contributed by atoms with Gasteiger partial charge in [-0.1, -0.05) is 30.3 Å². The highest BCUT2D eigenvalue weighted by molar-refractivity contribution is 5.77. The number of ether oxygens (including phenoxy) is 1. The lowest BCUT2D eigenvalue weighted by Crippen LogP contribution is -2.39. The molecule has 1 rings (SSSR count). The van der Waals surface area contributed by atoms with Gasteiger partial charge in [0.15, 0.2) is 0 Å². The molecule has 1 atom stereocenters. The molecular weight excluding hydrogens is 246 g/mol. The zero-order valence-electron chi connectivity index (χ0n) is 11.2. The molecule has 0 saturated carbocycles. The van der Waals surface area contributed by atoms with E-state index >= 15 is 0 Å². The molecule has 0 amide bonds. The van der Waals surface area contributed by atoms with Gasteiger partial charge in [-0.25, -0.2) is 4.79 Å². The molecule has 0 radical (unpaired) electrons. The van der Waals surface area contributed by atoms with Gasteiger partial charge >= 0.3 is 5.97 Å². The minimum Gasteiger partial charge on any atom is -0.465 e. The van der Waals surface area contributed by atoms with Crippen LogP contribution in [0.5, 0.6) is 0 Å². The molecule has 0 aliphatic carbocycles. The van der Waals surface area contributed by atoms with Crippen LogP contribution in [0.3, 0.4) is 0 Å². The lowest BCUT2D eigenvalue weighted by Gasteiger charge is -2.29. The number of hydrogen-bond donors (Lipinski definition) is 2. The number of carbonyl (C=O) groups is 1. The molecule has 0 aliphatic rings. The Morgan fingerprint density at radius 2 is 1.79 bits per heavy atom. The van der Waals surface area contributed by atoms with E-state index in [0.717, 1.165) is 5.56 Å². The minimum atomic E-state index is -0.597. The first kappa shape index (κ1) is 15.6. The zero-order chi connectivity index (χ0) is 14.1. The average molecular weight is 267 g/mol. The summed E-state index contributed by atoms with van der Waals surface area (Å²) in [7, 11) is 0. The Balaban J connectivity index is 2.99. The number of rotatable bonds is 8. The Kier molecular flexibility index (Phi) is 7.10. The van der Waals surface area contributed by atoms with E-state index in [1.165, 1.54) is 0 Å². The fraction of sp³-hybridized carbons (Fsp3) is 0.500. The molecule has 1 aromatic carbocycles. The van der Waals surface area contributed by atoms with Gasteiger partial charge in [-0.05, 0) is 12.5 Å². The predicted molar refractivity (Wildman–Crippen MR) is 71.6 cm³/mol. The van der Waals surface area contributed by atoms with Crippen molar-refractivity contribution in [2.75, 3.05) is 32.9 Å². The van der Waals surface area contributed by atoms with Crippen LogP contribution >= 0.6 is 0 Å². The Morgan fingerprint density at radius 1 is 1.21 bits per heavy atom. The molecule has 106 valence electrons. The minimum absolute atomic E-state index is 0.0806. The number of esters is 1. The summed E-state index contributed by atoms with van der Waals surface area (Å²) in [5, 5.41) is 18.2. The van der Waals surface area contributed by atoms with Crippen LogP contribution in [0.4, 0.5) is 0 Å². The van der Waals surface area contributed by atoms with Gasteiger partial charge in [-0.15, -0.1) is 0 Å². The van der Waals surface area contributed by atoms with Crippen molar-refractivity contribution in [2.24, 2.45) is 0 Å². The van der Waals surface area contributed by atoms with E-state index in [4.69, 9.17) is 14.9 Å². The maximum atomic E-state index is 12.1. The van der Waals surface area contributed by atoms with Crippen molar-refractivity contribution >= 4 is 5.97 Å². The molecule has 0 fully saturated rings. The summed E-state index contributed by atoms with van der Waals surface area (Å²) >= 11 is 0. The van der Waals surface area contributed by atoms with E-state index in [1.807, 2.05) is 30.3 Å². The largest absolute Gasteiger partial charge is 0.465 e. The monoisotopic (exact) mass is 267 g/mol. The lowest BCUT2D eigenvalue weighted by molar-refractivity contribution is -0.150. The molecule has 0 heterocycles. The highest BCUT2D eigenvalue weighted by atomic mass is 16.5. The quantitative estimate of drug-likeness (QED) is 0.674. The van der Waals surface area contributed by atoms with Gasteiger partial charge in [-0.2, -0.15) is 0 Å². The summed E-state index contributed by atoms with van der Waals surface area (Å²) in [4.78, 5) is 13.8. The second-order valence-electron chi connectivity index (χ2n) is 4.05. The van der Waals surface area contributed by atoms with E-state index in [2.05, 4.69) is 0 Å². The fourth-order valence-electron chi connectivity index (χ4n) is 1.98. The summed E-state index contributed by atoms with van der Waals surface area (Å²) in [6.45, 7) is 2.50. The number of nitrogens with zero attached hydrogens (tertiary/aromatic N) is 1. The highest BCUT2D eigenvalue weighted by Gasteiger charge is 2.28. The molecule has 5 nitrogen and oxygen atoms in total. The Labute approximate surface area is 113 Å². The van der Waals surface area contributed by atoms with Crippen LogP contribution in [0.2, 0.25) is 0 Å². The second kappa shape index (κ2) is 8.63. The third-order valence-corrected chi connectivity index (χ3v) is 2.76. The van der Waals surface area contributed by atoms with Crippen LogP contribution in [-0.4, -0.2) is 54.0 Å². The van der Waals surface area contributed by atoms with Gasteiger partial charge in [0, 0.05) is 13.1 Å². The SMILES string of the molecule is CCOC(=O)C(c1ccccc1)N(CCO)CCO. The topological polar surface area (TPSA) is 70.0 Å². The molecule has 1 aromatic rings. The van der Waals surface area contributed by atoms with Gasteiger partial charge in [0.1, 0.15) is 6.04 Å². The Morgan fingerprint density at radius 3 is 2.26 bits per heavy atom. The average Bonchev–Trinajstić information content (AvgIpc) is 2.41. The predicted octanol–water partition coefficient (Wildman–Crippen LogP) is 0.577. The van der Waals surface area contributed by atoms with Crippen molar-refractivity contribution in [3.8, 4) is 0 Å². The first-order chi connectivity index (χ1) is 9.24. The summed E-state index contributed by atoms with van der Waals surface area (Å²) in [5.41, 5.74) is 0.794. The molecule has 0 aromatic heterocycles. The maximum absolute atomic E-state index is 12.1. The Bertz CT molecular complexity index is 363. The summed E-state index contributed by atoms with van der Waals surface area (Å²) in [5.74, 6) is -0.365. The van der Waals surface area contributed by atoms with Crippen LogP contribution in [0.15, 0.2) is 30.3 Å². The second-order valence-corrected chi connectivity index (χ2v) is 4.05. The van der Waals surface area contributed by atoms with Gasteiger partial charge < -0.3 is 14.9 Å². The molecular formula is C14H21NO4. The van der Waals surface area contributed by atoms with Crippen molar-refractivity contribution in [1.29, 1.82) is 0 Å². The first-order valence-corrected chi connectivity index (χ1v) is 6.42. The lowest BCUT2D eigenvalue weighted by atomic mass is 10.1. The van der Waals surface area contributed by atoms with E-state index in [0.29, 0.717) is 19.7 Å². The number of aliphatic hydroxyl groups is 2. The van der Waals surface area contributed by atoms with Gasteiger partial charge in [0.05, 0.1) is 19.8 Å². The van der Waals surface area contributed by atoms with Crippen molar-refractivity contribution in [2.45, 2.75) is 13.0 Å². The Hall–Kier alpha value is -1.43. The van der Waals surface area contributed by atoms with E-state index in [-0.39, 0.29) is 19.2 Å². The number of aliphatic hydroxyl groups excluding tert-OH is 2. The van der Waals surface area contributed by atoms with Crippen molar-refractivity contribution in [3.63, 3.8) is 0 Å². The van der Waals surface area contributed by atoms with Crippen molar-refractivity contribution < 1.29 is 19.7 Å². The molecule has 1 unspecified atom stereocenters. The third kappa shape index (κ3) is 4.63. The molecule has 0 bridgehead atoms. The van der Waals surface area contributed by atoms with E-state index < -0.39 is 6.04 Å². The molecule has 2 N–H and O–H groups in total.